The second kappa shape index (κ2) is 7.88. The van der Waals surface area contributed by atoms with Crippen molar-refractivity contribution in [2.24, 2.45) is 0 Å². The van der Waals surface area contributed by atoms with Crippen LogP contribution in [0.2, 0.25) is 0 Å². The molecule has 0 aromatic heterocycles. The number of amides is 1. The van der Waals surface area contributed by atoms with Crippen molar-refractivity contribution in [3.8, 4) is 11.5 Å². The highest BCUT2D eigenvalue weighted by molar-refractivity contribution is 5.92. The lowest BCUT2D eigenvalue weighted by Gasteiger charge is -2.05. The molecule has 4 heteroatoms. The fourth-order valence-electron chi connectivity index (χ4n) is 1.96. The molecule has 2 aromatic carbocycles. The lowest BCUT2D eigenvalue weighted by Crippen LogP contribution is -2.20. The van der Waals surface area contributed by atoms with Gasteiger partial charge in [0.25, 0.3) is 0 Å². The number of methoxy groups -OCH3 is 2. The number of rotatable bonds is 6. The lowest BCUT2D eigenvalue weighted by atomic mass is 10.2. The Bertz CT molecular complexity index is 648. The Kier molecular flexibility index (Phi) is 5.60. The minimum absolute atomic E-state index is 0.151. The van der Waals surface area contributed by atoms with Crippen LogP contribution in [0.1, 0.15) is 11.1 Å². The first-order valence-corrected chi connectivity index (χ1v) is 6.95. The number of carbonyl (C=O) groups is 1. The van der Waals surface area contributed by atoms with E-state index in [1.54, 1.807) is 20.3 Å². The molecule has 0 saturated carbocycles. The van der Waals surface area contributed by atoms with Crippen molar-refractivity contribution in [2.45, 2.75) is 6.54 Å². The molecule has 0 bridgehead atoms. The molecule has 114 valence electrons. The Labute approximate surface area is 130 Å². The van der Waals surface area contributed by atoms with E-state index in [-0.39, 0.29) is 5.91 Å². The Balaban J connectivity index is 1.90. The van der Waals surface area contributed by atoms with Crippen molar-refractivity contribution in [3.05, 3.63) is 65.7 Å². The fourth-order valence-corrected chi connectivity index (χ4v) is 1.96. The van der Waals surface area contributed by atoms with Gasteiger partial charge in [-0.3, -0.25) is 4.79 Å². The molecule has 0 saturated heterocycles. The van der Waals surface area contributed by atoms with Crippen LogP contribution >= 0.6 is 0 Å². The first-order valence-electron chi connectivity index (χ1n) is 6.95. The van der Waals surface area contributed by atoms with E-state index in [2.05, 4.69) is 5.32 Å². The van der Waals surface area contributed by atoms with Gasteiger partial charge in [-0.2, -0.15) is 0 Å². The number of hydrogen-bond acceptors (Lipinski definition) is 3. The van der Waals surface area contributed by atoms with Gasteiger partial charge in [0.1, 0.15) is 11.5 Å². The summed E-state index contributed by atoms with van der Waals surface area (Å²) in [5, 5.41) is 2.84. The highest BCUT2D eigenvalue weighted by Crippen LogP contribution is 2.18. The Morgan fingerprint density at radius 1 is 1.05 bits per heavy atom. The predicted molar refractivity (Wildman–Crippen MR) is 86.9 cm³/mol. The molecule has 2 rings (SSSR count). The van der Waals surface area contributed by atoms with Gasteiger partial charge in [0.15, 0.2) is 0 Å². The zero-order chi connectivity index (χ0) is 15.8. The molecule has 4 nitrogen and oxygen atoms in total. The molecule has 0 aliphatic heterocycles. The van der Waals surface area contributed by atoms with Crippen LogP contribution in [0.5, 0.6) is 11.5 Å². The van der Waals surface area contributed by atoms with Crippen LogP contribution in [0.15, 0.2) is 54.6 Å². The average Bonchev–Trinajstić information content (AvgIpc) is 2.58. The van der Waals surface area contributed by atoms with Gasteiger partial charge in [-0.1, -0.05) is 30.3 Å². The van der Waals surface area contributed by atoms with Crippen molar-refractivity contribution in [3.63, 3.8) is 0 Å². The summed E-state index contributed by atoms with van der Waals surface area (Å²) >= 11 is 0. The van der Waals surface area contributed by atoms with E-state index < -0.39 is 0 Å². The van der Waals surface area contributed by atoms with Crippen molar-refractivity contribution in [1.29, 1.82) is 0 Å². The molecule has 0 fully saturated rings. The predicted octanol–water partition coefficient (Wildman–Crippen LogP) is 3.03. The number of hydrogen-bond donors (Lipinski definition) is 1. The Morgan fingerprint density at radius 3 is 2.45 bits per heavy atom. The van der Waals surface area contributed by atoms with Crippen LogP contribution in [-0.4, -0.2) is 20.1 Å². The average molecular weight is 297 g/mol. The summed E-state index contributed by atoms with van der Waals surface area (Å²) < 4.78 is 10.3. The molecule has 0 aliphatic rings. The summed E-state index contributed by atoms with van der Waals surface area (Å²) in [5.41, 5.74) is 1.88. The van der Waals surface area contributed by atoms with E-state index in [1.807, 2.05) is 48.5 Å². The van der Waals surface area contributed by atoms with Gasteiger partial charge in [0.05, 0.1) is 14.2 Å². The van der Waals surface area contributed by atoms with Crippen molar-refractivity contribution in [2.75, 3.05) is 14.2 Å². The first kappa shape index (κ1) is 15.6. The van der Waals surface area contributed by atoms with Crippen LogP contribution in [-0.2, 0) is 11.3 Å². The van der Waals surface area contributed by atoms with Crippen molar-refractivity contribution >= 4 is 12.0 Å². The fraction of sp³-hybridized carbons (Fsp3) is 0.167. The monoisotopic (exact) mass is 297 g/mol. The first-order chi connectivity index (χ1) is 10.7. The molecule has 0 unspecified atom stereocenters. The van der Waals surface area contributed by atoms with E-state index >= 15 is 0 Å². The largest absolute Gasteiger partial charge is 0.497 e. The minimum atomic E-state index is -0.151. The maximum atomic E-state index is 11.8. The molecule has 1 N–H and O–H groups in total. The smallest absolute Gasteiger partial charge is 0.244 e. The summed E-state index contributed by atoms with van der Waals surface area (Å²) in [7, 11) is 3.23. The Morgan fingerprint density at radius 2 is 1.77 bits per heavy atom. The number of benzene rings is 2. The molecule has 0 spiro atoms. The normalized spacial score (nSPS) is 10.5. The number of ether oxygens (including phenoxy) is 2. The van der Waals surface area contributed by atoms with Crippen molar-refractivity contribution < 1.29 is 14.3 Å². The van der Waals surface area contributed by atoms with Gasteiger partial charge >= 0.3 is 0 Å². The summed E-state index contributed by atoms with van der Waals surface area (Å²) in [6.45, 7) is 0.471. The molecular formula is C18H19NO3. The molecule has 0 atom stereocenters. The molecule has 0 heterocycles. The second-order valence-corrected chi connectivity index (χ2v) is 4.64. The topological polar surface area (TPSA) is 47.6 Å². The van der Waals surface area contributed by atoms with E-state index in [9.17, 15) is 4.79 Å². The molecular weight excluding hydrogens is 278 g/mol. The maximum Gasteiger partial charge on any atom is 0.244 e. The summed E-state index contributed by atoms with van der Waals surface area (Å²) in [5.74, 6) is 1.38. The molecule has 22 heavy (non-hydrogen) atoms. The SMILES string of the molecule is COc1ccc(CNC(=O)C=Cc2ccccc2OC)cc1. The van der Waals surface area contributed by atoms with Crippen LogP contribution in [0.25, 0.3) is 6.08 Å². The lowest BCUT2D eigenvalue weighted by molar-refractivity contribution is -0.116. The van der Waals surface area contributed by atoms with Gasteiger partial charge in [0, 0.05) is 18.2 Å². The molecule has 1 amide bonds. The van der Waals surface area contributed by atoms with Gasteiger partial charge in [-0.15, -0.1) is 0 Å². The highest BCUT2D eigenvalue weighted by Gasteiger charge is 2.00. The quantitative estimate of drug-likeness (QED) is 0.834. The zero-order valence-corrected chi connectivity index (χ0v) is 12.7. The number of para-hydroxylation sites is 1. The minimum Gasteiger partial charge on any atom is -0.497 e. The third-order valence-electron chi connectivity index (χ3n) is 3.18. The molecule has 2 aromatic rings. The standard InChI is InChI=1S/C18H19NO3/c1-21-16-10-7-14(8-11-16)13-19-18(20)12-9-15-5-3-4-6-17(15)22-2/h3-12H,13H2,1-2H3,(H,19,20). The van der Waals surface area contributed by atoms with Crippen molar-refractivity contribution in [1.82, 2.24) is 5.32 Å². The van der Waals surface area contributed by atoms with Crippen LogP contribution in [0, 0.1) is 0 Å². The van der Waals surface area contributed by atoms with Gasteiger partial charge in [-0.25, -0.2) is 0 Å². The molecule has 0 aliphatic carbocycles. The van der Waals surface area contributed by atoms with Crippen LogP contribution < -0.4 is 14.8 Å². The van der Waals surface area contributed by atoms with Gasteiger partial charge in [-0.05, 0) is 29.8 Å². The van der Waals surface area contributed by atoms with E-state index in [1.165, 1.54) is 6.08 Å². The Hall–Kier alpha value is -2.75. The van der Waals surface area contributed by atoms with E-state index in [0.717, 1.165) is 22.6 Å². The highest BCUT2D eigenvalue weighted by atomic mass is 16.5. The number of carbonyl (C=O) groups excluding carboxylic acids is 1. The third kappa shape index (κ3) is 4.38. The van der Waals surface area contributed by atoms with E-state index in [0.29, 0.717) is 6.54 Å². The zero-order valence-electron chi connectivity index (χ0n) is 12.7. The summed E-state index contributed by atoms with van der Waals surface area (Å²) in [6, 6.07) is 15.1. The second-order valence-electron chi connectivity index (χ2n) is 4.64. The van der Waals surface area contributed by atoms with Gasteiger partial charge < -0.3 is 14.8 Å². The number of nitrogens with one attached hydrogen (secondary N) is 1. The van der Waals surface area contributed by atoms with Crippen LogP contribution in [0.3, 0.4) is 0 Å². The van der Waals surface area contributed by atoms with Crippen LogP contribution in [0.4, 0.5) is 0 Å². The summed E-state index contributed by atoms with van der Waals surface area (Å²) in [4.78, 5) is 11.8. The molecule has 0 radical (unpaired) electrons. The third-order valence-corrected chi connectivity index (χ3v) is 3.18. The maximum absolute atomic E-state index is 11.8. The van der Waals surface area contributed by atoms with Gasteiger partial charge in [0.2, 0.25) is 5.91 Å². The van der Waals surface area contributed by atoms with E-state index in [4.69, 9.17) is 9.47 Å². The summed E-state index contributed by atoms with van der Waals surface area (Å²) in [6.07, 6.45) is 3.24.